The molecule has 0 amide bonds. The van der Waals surface area contributed by atoms with Crippen LogP contribution in [0.25, 0.3) is 15.7 Å². The first kappa shape index (κ1) is 45.0. The molecule has 2 aliphatic carbocycles. The van der Waals surface area contributed by atoms with Crippen molar-refractivity contribution in [2.45, 2.75) is 112 Å². The number of anilines is 5. The van der Waals surface area contributed by atoms with Gasteiger partial charge in [-0.2, -0.15) is 0 Å². The van der Waals surface area contributed by atoms with E-state index >= 15 is 0 Å². The Balaban J connectivity index is 1.39. The van der Waals surface area contributed by atoms with Gasteiger partial charge in [-0.15, -0.1) is 11.3 Å². The van der Waals surface area contributed by atoms with E-state index in [2.05, 4.69) is 237 Å². The Kier molecular flexibility index (Phi) is 13.1. The zero-order valence-corrected chi connectivity index (χ0v) is 40.7. The third-order valence-electron chi connectivity index (χ3n) is 12.7. The van der Waals surface area contributed by atoms with Gasteiger partial charge in [-0.25, -0.2) is 0 Å². The van der Waals surface area contributed by atoms with Gasteiger partial charge >= 0.3 is 0 Å². The van der Waals surface area contributed by atoms with Crippen LogP contribution in [0.15, 0.2) is 156 Å². The molecule has 0 spiro atoms. The minimum atomic E-state index is 0.0266. The van der Waals surface area contributed by atoms with E-state index in [1.54, 1.807) is 11.3 Å². The molecule has 5 aromatic rings. The Labute approximate surface area is 382 Å². The Morgan fingerprint density at radius 2 is 1.34 bits per heavy atom. The van der Waals surface area contributed by atoms with E-state index < -0.39 is 0 Å². The molecule has 5 heteroatoms. The van der Waals surface area contributed by atoms with Crippen molar-refractivity contribution in [3.05, 3.63) is 178 Å². The highest BCUT2D eigenvalue weighted by Gasteiger charge is 2.27. The van der Waals surface area contributed by atoms with Gasteiger partial charge in [0.25, 0.3) is 0 Å². The van der Waals surface area contributed by atoms with E-state index in [-0.39, 0.29) is 22.3 Å². The topological polar surface area (TPSA) is 9.72 Å². The maximum Gasteiger partial charge on any atom is 0.0887 e. The van der Waals surface area contributed by atoms with Crippen LogP contribution in [0.5, 0.6) is 0 Å². The molecule has 0 saturated carbocycles. The summed E-state index contributed by atoms with van der Waals surface area (Å²) in [5.41, 5.74) is 14.2. The predicted octanol–water partition coefficient (Wildman–Crippen LogP) is 17.5. The highest BCUT2D eigenvalue weighted by Crippen LogP contribution is 2.49. The maximum absolute atomic E-state index is 7.93. The summed E-state index contributed by atoms with van der Waals surface area (Å²) in [4.78, 5) is 7.12. The fourth-order valence-electron chi connectivity index (χ4n) is 8.08. The van der Waals surface area contributed by atoms with E-state index in [4.69, 9.17) is 11.6 Å². The number of benzene rings is 4. The highest BCUT2D eigenvalue weighted by atomic mass is 35.5. The van der Waals surface area contributed by atoms with Crippen LogP contribution in [-0.4, -0.2) is 18.0 Å². The summed E-state index contributed by atoms with van der Waals surface area (Å²) in [6.45, 7) is 24.8. The zero-order valence-electron chi connectivity index (χ0n) is 39.1. The quantitative estimate of drug-likeness (QED) is 0.130. The number of hydrogen-bond acceptors (Lipinski definition) is 4. The monoisotopic (exact) mass is 859 g/mol. The second-order valence-electron chi connectivity index (χ2n) is 20.2. The largest absolute Gasteiger partial charge is 0.371 e. The summed E-state index contributed by atoms with van der Waals surface area (Å²) in [5.74, 6) is 0. The third kappa shape index (κ3) is 9.78. The standard InChI is InChI=1S/C57H66ClN3S/c1-39(55(3,4)5)24-25-40(2)59(12)47-20-16-21-48(37-47)60(45-31-27-43(28-32-45)56(6,7)8)50-22-17-23-51(54(50)58)61(46-33-29-44(30-34-46)57(9,10)11)52-38-62-53-35-26-42(36-49(52)53)41-18-14-13-15-19-41/h13-14,16-18,21-38,47H,15,19-20H2,1-12H3/b39-24+,40-25+. The molecule has 0 radical (unpaired) electrons. The molecule has 2 aliphatic rings. The van der Waals surface area contributed by atoms with Gasteiger partial charge < -0.3 is 14.7 Å². The lowest BCUT2D eigenvalue weighted by Crippen LogP contribution is -2.31. The van der Waals surface area contributed by atoms with Gasteiger partial charge in [0.05, 0.1) is 28.1 Å². The normalized spacial score (nSPS) is 16.4. The van der Waals surface area contributed by atoms with Gasteiger partial charge in [0.1, 0.15) is 0 Å². The Bertz CT molecular complexity index is 2590. The average Bonchev–Trinajstić information content (AvgIpc) is 3.66. The minimum Gasteiger partial charge on any atom is -0.371 e. The van der Waals surface area contributed by atoms with Gasteiger partial charge in [-0.1, -0.05) is 146 Å². The van der Waals surface area contributed by atoms with Crippen molar-refractivity contribution in [1.29, 1.82) is 0 Å². The SMILES string of the molecule is C/C(=C\C=C(/C)C(C)(C)C)N(C)C1C=C(N(c2ccc(C(C)(C)C)cc2)c2cccc(N(c3ccc(C(C)(C)C)cc3)c3csc4ccc(C5=CC=CCC5)cc34)c2Cl)C=CC1. The Morgan fingerprint density at radius 1 is 0.726 bits per heavy atom. The van der Waals surface area contributed by atoms with E-state index in [1.165, 1.54) is 43.6 Å². The molecule has 0 saturated heterocycles. The van der Waals surface area contributed by atoms with Gasteiger partial charge in [0.15, 0.2) is 0 Å². The molecule has 1 atom stereocenters. The number of rotatable bonds is 10. The van der Waals surface area contributed by atoms with E-state index in [1.807, 2.05) is 0 Å². The van der Waals surface area contributed by atoms with Crippen LogP contribution in [0.2, 0.25) is 5.02 Å². The van der Waals surface area contributed by atoms with Crippen molar-refractivity contribution < 1.29 is 0 Å². The second kappa shape index (κ2) is 18.0. The number of fused-ring (bicyclic) bond motifs is 1. The van der Waals surface area contributed by atoms with Crippen LogP contribution in [0.1, 0.15) is 112 Å². The minimum absolute atomic E-state index is 0.0266. The van der Waals surface area contributed by atoms with Crippen LogP contribution < -0.4 is 9.80 Å². The third-order valence-corrected chi connectivity index (χ3v) is 14.0. The number of halogens is 1. The Morgan fingerprint density at radius 3 is 1.92 bits per heavy atom. The molecule has 7 rings (SSSR count). The molecular weight excluding hydrogens is 794 g/mol. The summed E-state index contributed by atoms with van der Waals surface area (Å²) >= 11 is 9.71. The summed E-state index contributed by atoms with van der Waals surface area (Å²) in [7, 11) is 2.21. The van der Waals surface area contributed by atoms with Crippen LogP contribution in [-0.2, 0) is 10.8 Å². The molecule has 0 bridgehead atoms. The number of hydrogen-bond donors (Lipinski definition) is 0. The molecule has 4 aromatic carbocycles. The first-order valence-electron chi connectivity index (χ1n) is 22.3. The van der Waals surface area contributed by atoms with Gasteiger partial charge in [-0.3, -0.25) is 0 Å². The van der Waals surface area contributed by atoms with Crippen molar-refractivity contribution in [2.75, 3.05) is 16.8 Å². The van der Waals surface area contributed by atoms with Crippen molar-refractivity contribution in [3.8, 4) is 0 Å². The summed E-state index contributed by atoms with van der Waals surface area (Å²) in [6.07, 6.45) is 21.2. The fraction of sp³-hybridized carbons (Fsp3) is 0.333. The highest BCUT2D eigenvalue weighted by molar-refractivity contribution is 7.17. The smallest absolute Gasteiger partial charge is 0.0887 e. The van der Waals surface area contributed by atoms with Crippen LogP contribution in [0.4, 0.5) is 28.4 Å². The van der Waals surface area contributed by atoms with E-state index in [0.717, 1.165) is 53.4 Å². The number of allylic oxidation sites excluding steroid dienone is 9. The van der Waals surface area contributed by atoms with Crippen LogP contribution in [0, 0.1) is 5.41 Å². The molecule has 0 aliphatic heterocycles. The molecule has 0 N–H and O–H groups in total. The first-order valence-corrected chi connectivity index (χ1v) is 23.5. The van der Waals surface area contributed by atoms with Crippen LogP contribution >= 0.6 is 22.9 Å². The average molecular weight is 861 g/mol. The van der Waals surface area contributed by atoms with Crippen LogP contribution in [0.3, 0.4) is 0 Å². The van der Waals surface area contributed by atoms with Crippen molar-refractivity contribution in [3.63, 3.8) is 0 Å². The number of thiophene rings is 1. The van der Waals surface area contributed by atoms with Crippen molar-refractivity contribution in [2.24, 2.45) is 5.41 Å². The lowest BCUT2D eigenvalue weighted by molar-refractivity contribution is 0.352. The van der Waals surface area contributed by atoms with Gasteiger partial charge in [-0.05, 0) is 138 Å². The first-order chi connectivity index (χ1) is 29.3. The molecule has 62 heavy (non-hydrogen) atoms. The predicted molar refractivity (Wildman–Crippen MR) is 274 cm³/mol. The van der Waals surface area contributed by atoms with Crippen molar-refractivity contribution in [1.82, 2.24) is 4.90 Å². The summed E-state index contributed by atoms with van der Waals surface area (Å²) < 4.78 is 1.25. The Hall–Kier alpha value is -5.03. The van der Waals surface area contributed by atoms with E-state index in [0.29, 0.717) is 5.02 Å². The van der Waals surface area contributed by atoms with Gasteiger partial charge in [0.2, 0.25) is 0 Å². The number of likely N-dealkylation sites (N-methyl/N-ethyl adjacent to an activating group) is 1. The maximum atomic E-state index is 7.93. The van der Waals surface area contributed by atoms with Crippen molar-refractivity contribution >= 4 is 67.0 Å². The number of nitrogens with zero attached hydrogens (tertiary/aromatic N) is 3. The summed E-state index contributed by atoms with van der Waals surface area (Å²) in [6, 6.07) is 31.7. The zero-order chi connectivity index (χ0) is 44.6. The molecule has 1 unspecified atom stereocenters. The fourth-order valence-corrected chi connectivity index (χ4v) is 9.29. The lowest BCUT2D eigenvalue weighted by Gasteiger charge is -2.35. The van der Waals surface area contributed by atoms with E-state index in [9.17, 15) is 0 Å². The molecule has 1 aromatic heterocycles. The van der Waals surface area contributed by atoms with Gasteiger partial charge in [0, 0.05) is 45.3 Å². The second-order valence-corrected chi connectivity index (χ2v) is 21.5. The molecule has 0 fully saturated rings. The molecule has 1 heterocycles. The molecular formula is C57H66ClN3S. The summed E-state index contributed by atoms with van der Waals surface area (Å²) in [5, 5.41) is 4.21. The molecule has 322 valence electrons. The molecule has 3 nitrogen and oxygen atoms in total. The lowest BCUT2D eigenvalue weighted by atomic mass is 9.87.